The molecule has 2 rings (SSSR count). The summed E-state index contributed by atoms with van der Waals surface area (Å²) in [5.74, 6) is 0.704. The van der Waals surface area contributed by atoms with Crippen molar-refractivity contribution < 1.29 is 9.53 Å². The van der Waals surface area contributed by atoms with Gasteiger partial charge >= 0.3 is 0 Å². The normalized spacial score (nSPS) is 10.0. The van der Waals surface area contributed by atoms with Gasteiger partial charge in [-0.2, -0.15) is 0 Å². The maximum absolute atomic E-state index is 12.0. The molecule has 0 aliphatic carbocycles. The Morgan fingerprint density at radius 3 is 2.17 bits per heavy atom. The molecule has 0 aliphatic heterocycles. The number of ether oxygens (including phenoxy) is 1. The highest BCUT2D eigenvalue weighted by Gasteiger charge is 2.03. The predicted octanol–water partition coefficient (Wildman–Crippen LogP) is 3.20. The van der Waals surface area contributed by atoms with E-state index in [4.69, 9.17) is 4.74 Å². The second kappa shape index (κ2) is 8.08. The lowest BCUT2D eigenvalue weighted by atomic mass is 10.2. The van der Waals surface area contributed by atoms with Crippen LogP contribution in [0, 0.1) is 0 Å². The SMILES string of the molecule is CCOc1ccc(NC(=O)CNc2ccc(N(C)C)cc2)cc1. The molecule has 0 saturated heterocycles. The second-order valence-corrected chi connectivity index (χ2v) is 5.30. The van der Waals surface area contributed by atoms with Crippen LogP contribution in [0.15, 0.2) is 48.5 Å². The summed E-state index contributed by atoms with van der Waals surface area (Å²) in [6.45, 7) is 2.78. The molecule has 2 aromatic carbocycles. The van der Waals surface area contributed by atoms with Gasteiger partial charge in [0.1, 0.15) is 5.75 Å². The molecule has 0 atom stereocenters. The summed E-state index contributed by atoms with van der Waals surface area (Å²) in [6, 6.07) is 15.3. The van der Waals surface area contributed by atoms with Gasteiger partial charge in [0.2, 0.25) is 5.91 Å². The Balaban J connectivity index is 1.82. The molecule has 0 fully saturated rings. The van der Waals surface area contributed by atoms with Crippen LogP contribution in [0.1, 0.15) is 6.92 Å². The van der Waals surface area contributed by atoms with Crippen LogP contribution in [0.2, 0.25) is 0 Å². The average molecular weight is 313 g/mol. The lowest BCUT2D eigenvalue weighted by Crippen LogP contribution is -2.21. The molecule has 5 nitrogen and oxygen atoms in total. The molecule has 0 unspecified atom stereocenters. The first-order valence-corrected chi connectivity index (χ1v) is 7.62. The fraction of sp³-hybridized carbons (Fsp3) is 0.278. The van der Waals surface area contributed by atoms with Crippen molar-refractivity contribution in [3.8, 4) is 5.75 Å². The summed E-state index contributed by atoms with van der Waals surface area (Å²) in [7, 11) is 3.99. The summed E-state index contributed by atoms with van der Waals surface area (Å²) in [4.78, 5) is 14.0. The average Bonchev–Trinajstić information content (AvgIpc) is 2.55. The number of nitrogens with zero attached hydrogens (tertiary/aromatic N) is 1. The number of hydrogen-bond acceptors (Lipinski definition) is 4. The molecule has 0 aliphatic rings. The van der Waals surface area contributed by atoms with Gasteiger partial charge in [-0.25, -0.2) is 0 Å². The lowest BCUT2D eigenvalue weighted by molar-refractivity contribution is -0.114. The zero-order valence-corrected chi connectivity index (χ0v) is 13.8. The van der Waals surface area contributed by atoms with Crippen LogP contribution in [-0.2, 0) is 4.79 Å². The molecular weight excluding hydrogens is 290 g/mol. The highest BCUT2D eigenvalue weighted by molar-refractivity contribution is 5.93. The van der Waals surface area contributed by atoms with E-state index in [1.54, 1.807) is 0 Å². The molecule has 23 heavy (non-hydrogen) atoms. The van der Waals surface area contributed by atoms with Gasteiger partial charge in [-0.3, -0.25) is 4.79 Å². The Kier molecular flexibility index (Phi) is 5.86. The van der Waals surface area contributed by atoms with E-state index in [0.29, 0.717) is 6.61 Å². The van der Waals surface area contributed by atoms with E-state index in [1.807, 2.05) is 74.4 Å². The third-order valence-electron chi connectivity index (χ3n) is 3.29. The van der Waals surface area contributed by atoms with E-state index in [1.165, 1.54) is 0 Å². The highest BCUT2D eigenvalue weighted by Crippen LogP contribution is 2.17. The maximum Gasteiger partial charge on any atom is 0.243 e. The topological polar surface area (TPSA) is 53.6 Å². The van der Waals surface area contributed by atoms with Crippen LogP contribution in [-0.4, -0.2) is 33.2 Å². The minimum absolute atomic E-state index is 0.0918. The van der Waals surface area contributed by atoms with Gasteiger partial charge < -0.3 is 20.3 Å². The largest absolute Gasteiger partial charge is 0.494 e. The van der Waals surface area contributed by atoms with Crippen molar-refractivity contribution in [1.82, 2.24) is 0 Å². The zero-order valence-electron chi connectivity index (χ0n) is 13.8. The zero-order chi connectivity index (χ0) is 16.7. The molecule has 0 aromatic heterocycles. The molecule has 2 N–H and O–H groups in total. The fourth-order valence-corrected chi connectivity index (χ4v) is 2.07. The van der Waals surface area contributed by atoms with Gasteiger partial charge in [-0.1, -0.05) is 0 Å². The van der Waals surface area contributed by atoms with Gasteiger partial charge in [0.05, 0.1) is 13.2 Å². The van der Waals surface area contributed by atoms with Crippen molar-refractivity contribution in [2.24, 2.45) is 0 Å². The number of anilines is 3. The summed E-state index contributed by atoms with van der Waals surface area (Å²) in [5, 5.41) is 5.95. The Hall–Kier alpha value is -2.69. The summed E-state index contributed by atoms with van der Waals surface area (Å²) in [5.41, 5.74) is 2.79. The third kappa shape index (κ3) is 5.21. The molecule has 0 spiro atoms. The molecule has 5 heteroatoms. The standard InChI is InChI=1S/C18H23N3O2/c1-4-23-17-11-7-15(8-12-17)20-18(22)13-19-14-5-9-16(10-6-14)21(2)3/h5-12,19H,4,13H2,1-3H3,(H,20,22). The maximum atomic E-state index is 12.0. The minimum Gasteiger partial charge on any atom is -0.494 e. The molecule has 1 amide bonds. The quantitative estimate of drug-likeness (QED) is 0.824. The molecule has 122 valence electrons. The van der Waals surface area contributed by atoms with Crippen molar-refractivity contribution in [3.63, 3.8) is 0 Å². The summed E-state index contributed by atoms with van der Waals surface area (Å²) < 4.78 is 5.37. The molecule has 0 saturated carbocycles. The van der Waals surface area contributed by atoms with Gasteiger partial charge in [0.25, 0.3) is 0 Å². The first-order chi connectivity index (χ1) is 11.1. The van der Waals surface area contributed by atoms with Gasteiger partial charge in [0, 0.05) is 31.2 Å². The molecule has 0 heterocycles. The lowest BCUT2D eigenvalue weighted by Gasteiger charge is -2.13. The number of carbonyl (C=O) groups is 1. The van der Waals surface area contributed by atoms with Crippen molar-refractivity contribution in [1.29, 1.82) is 0 Å². The molecule has 2 aromatic rings. The van der Waals surface area contributed by atoms with Crippen LogP contribution < -0.4 is 20.3 Å². The minimum atomic E-state index is -0.0918. The van der Waals surface area contributed by atoms with Gasteiger partial charge in [-0.05, 0) is 55.5 Å². The van der Waals surface area contributed by atoms with Crippen molar-refractivity contribution in [2.45, 2.75) is 6.92 Å². The van der Waals surface area contributed by atoms with Crippen LogP contribution in [0.3, 0.4) is 0 Å². The number of hydrogen-bond donors (Lipinski definition) is 2. The van der Waals surface area contributed by atoms with Crippen LogP contribution in [0.5, 0.6) is 5.75 Å². The van der Waals surface area contributed by atoms with Gasteiger partial charge in [-0.15, -0.1) is 0 Å². The van der Waals surface area contributed by atoms with E-state index < -0.39 is 0 Å². The summed E-state index contributed by atoms with van der Waals surface area (Å²) in [6.07, 6.45) is 0. The Labute approximate surface area is 137 Å². The number of benzene rings is 2. The van der Waals surface area contributed by atoms with E-state index in [-0.39, 0.29) is 12.5 Å². The number of carbonyl (C=O) groups excluding carboxylic acids is 1. The van der Waals surface area contributed by atoms with Crippen molar-refractivity contribution in [2.75, 3.05) is 42.8 Å². The first kappa shape index (κ1) is 16.7. The van der Waals surface area contributed by atoms with E-state index in [9.17, 15) is 4.79 Å². The highest BCUT2D eigenvalue weighted by atomic mass is 16.5. The monoisotopic (exact) mass is 313 g/mol. The van der Waals surface area contributed by atoms with Gasteiger partial charge in [0.15, 0.2) is 0 Å². The Morgan fingerprint density at radius 1 is 1.00 bits per heavy atom. The van der Waals surface area contributed by atoms with Crippen LogP contribution in [0.4, 0.5) is 17.1 Å². The summed E-state index contributed by atoms with van der Waals surface area (Å²) >= 11 is 0. The van der Waals surface area contributed by atoms with E-state index in [2.05, 4.69) is 10.6 Å². The fourth-order valence-electron chi connectivity index (χ4n) is 2.07. The van der Waals surface area contributed by atoms with Crippen molar-refractivity contribution in [3.05, 3.63) is 48.5 Å². The van der Waals surface area contributed by atoms with E-state index >= 15 is 0 Å². The molecule has 0 radical (unpaired) electrons. The Bertz CT molecular complexity index is 622. The van der Waals surface area contributed by atoms with Crippen LogP contribution in [0.25, 0.3) is 0 Å². The molecular formula is C18H23N3O2. The number of rotatable bonds is 7. The molecule has 0 bridgehead atoms. The third-order valence-corrected chi connectivity index (χ3v) is 3.29. The Morgan fingerprint density at radius 2 is 1.61 bits per heavy atom. The van der Waals surface area contributed by atoms with Crippen molar-refractivity contribution >= 4 is 23.0 Å². The van der Waals surface area contributed by atoms with E-state index in [0.717, 1.165) is 22.8 Å². The smallest absolute Gasteiger partial charge is 0.243 e. The first-order valence-electron chi connectivity index (χ1n) is 7.62. The number of nitrogens with one attached hydrogen (secondary N) is 2. The second-order valence-electron chi connectivity index (χ2n) is 5.30. The number of amides is 1. The van der Waals surface area contributed by atoms with Crippen LogP contribution >= 0.6 is 0 Å². The predicted molar refractivity (Wildman–Crippen MR) is 95.5 cm³/mol.